The highest BCUT2D eigenvalue weighted by atomic mass is 35.5. The van der Waals surface area contributed by atoms with Gasteiger partial charge in [-0.05, 0) is 29.8 Å². The number of hydrogen-bond donors (Lipinski definition) is 1. The van der Waals surface area contributed by atoms with Gasteiger partial charge in [-0.2, -0.15) is 0 Å². The zero-order valence-electron chi connectivity index (χ0n) is 11.0. The van der Waals surface area contributed by atoms with Gasteiger partial charge in [0.1, 0.15) is 11.4 Å². The first-order chi connectivity index (χ1) is 10.1. The first kappa shape index (κ1) is 14.2. The maximum atomic E-state index is 10.9. The van der Waals surface area contributed by atoms with Crippen LogP contribution < -0.4 is 4.74 Å². The molecule has 21 heavy (non-hydrogen) atoms. The second kappa shape index (κ2) is 5.95. The molecule has 1 aliphatic rings. The molecule has 0 spiro atoms. The van der Waals surface area contributed by atoms with E-state index in [1.807, 2.05) is 12.1 Å². The highest BCUT2D eigenvalue weighted by molar-refractivity contribution is 7.98. The number of hydrogen-bond acceptors (Lipinski definition) is 4. The molecule has 108 valence electrons. The van der Waals surface area contributed by atoms with E-state index in [4.69, 9.17) is 21.4 Å². The van der Waals surface area contributed by atoms with Crippen LogP contribution in [0.5, 0.6) is 5.75 Å². The van der Waals surface area contributed by atoms with Crippen molar-refractivity contribution in [3.63, 3.8) is 0 Å². The van der Waals surface area contributed by atoms with Gasteiger partial charge < -0.3 is 9.84 Å². The van der Waals surface area contributed by atoms with Crippen LogP contribution in [0.4, 0.5) is 0 Å². The van der Waals surface area contributed by atoms with E-state index in [2.05, 4.69) is 4.98 Å². The Kier molecular flexibility index (Phi) is 4.03. The van der Waals surface area contributed by atoms with Crippen molar-refractivity contribution in [3.05, 3.63) is 52.3 Å². The number of nitrogens with zero attached hydrogens (tertiary/aromatic N) is 1. The molecular formula is C15H12ClNO3S. The molecule has 0 atom stereocenters. The number of carbonyl (C=O) groups is 1. The Labute approximate surface area is 131 Å². The Morgan fingerprint density at radius 1 is 1.43 bits per heavy atom. The van der Waals surface area contributed by atoms with Crippen molar-refractivity contribution in [2.45, 2.75) is 17.1 Å². The molecule has 0 amide bonds. The Morgan fingerprint density at radius 3 is 3.10 bits per heavy atom. The molecule has 3 rings (SSSR count). The summed E-state index contributed by atoms with van der Waals surface area (Å²) in [5.74, 6) is 0.565. The average molecular weight is 322 g/mol. The molecule has 2 heterocycles. The zero-order chi connectivity index (χ0) is 14.8. The Bertz CT molecular complexity index is 705. The summed E-state index contributed by atoms with van der Waals surface area (Å²) in [6.07, 6.45) is 2.39. The molecular weight excluding hydrogens is 310 g/mol. The number of pyridine rings is 1. The molecule has 0 radical (unpaired) electrons. The number of carboxylic acid groups (broad SMARTS) is 1. The number of thioether (sulfide) groups is 1. The molecule has 0 saturated carbocycles. The van der Waals surface area contributed by atoms with Crippen LogP contribution in [0.25, 0.3) is 0 Å². The number of ether oxygens (including phenoxy) is 1. The molecule has 1 aromatic carbocycles. The second-order valence-electron chi connectivity index (χ2n) is 4.62. The molecule has 1 aromatic heterocycles. The number of aromatic nitrogens is 1. The van der Waals surface area contributed by atoms with E-state index in [0.717, 1.165) is 28.2 Å². The fourth-order valence-corrected chi connectivity index (χ4v) is 3.38. The van der Waals surface area contributed by atoms with E-state index in [9.17, 15) is 4.79 Å². The minimum atomic E-state index is -1.02. The minimum Gasteiger partial charge on any atom is -0.493 e. The van der Waals surface area contributed by atoms with E-state index in [0.29, 0.717) is 17.4 Å². The van der Waals surface area contributed by atoms with E-state index in [1.54, 1.807) is 12.1 Å². The maximum absolute atomic E-state index is 10.9. The normalized spacial score (nSPS) is 12.8. The molecule has 0 fully saturated rings. The first-order valence-electron chi connectivity index (χ1n) is 6.40. The van der Waals surface area contributed by atoms with Gasteiger partial charge in [0, 0.05) is 33.9 Å². The van der Waals surface area contributed by atoms with Gasteiger partial charge >= 0.3 is 5.97 Å². The Morgan fingerprint density at radius 2 is 2.29 bits per heavy atom. The minimum absolute atomic E-state index is 0.0487. The van der Waals surface area contributed by atoms with Crippen LogP contribution >= 0.6 is 23.4 Å². The molecule has 0 aliphatic carbocycles. The first-order valence-corrected chi connectivity index (χ1v) is 7.76. The lowest BCUT2D eigenvalue weighted by molar-refractivity contribution is 0.0690. The summed E-state index contributed by atoms with van der Waals surface area (Å²) in [7, 11) is 0. The van der Waals surface area contributed by atoms with Gasteiger partial charge in [-0.25, -0.2) is 9.78 Å². The van der Waals surface area contributed by atoms with Gasteiger partial charge in [0.2, 0.25) is 0 Å². The van der Waals surface area contributed by atoms with Crippen LogP contribution in [0, 0.1) is 0 Å². The van der Waals surface area contributed by atoms with Crippen LogP contribution in [0.2, 0.25) is 5.02 Å². The van der Waals surface area contributed by atoms with Gasteiger partial charge in [0.25, 0.3) is 0 Å². The quantitative estimate of drug-likeness (QED) is 0.871. The third-order valence-corrected chi connectivity index (χ3v) is 4.43. The molecule has 0 unspecified atom stereocenters. The summed E-state index contributed by atoms with van der Waals surface area (Å²) in [6.45, 7) is 0.686. The van der Waals surface area contributed by atoms with E-state index >= 15 is 0 Å². The summed E-state index contributed by atoms with van der Waals surface area (Å²) in [6, 6.07) is 7.20. The lowest BCUT2D eigenvalue weighted by atomic mass is 10.1. The highest BCUT2D eigenvalue weighted by Crippen LogP contribution is 2.36. The molecule has 6 heteroatoms. The standard InChI is InChI=1S/C15H12ClNO3S/c16-11-5-9-2-4-20-14(9)10(6-11)8-21-12-1-3-17-13(7-12)15(18)19/h1,3,5-7H,2,4,8H2,(H,18,19). The molecule has 0 saturated heterocycles. The number of halogens is 1. The number of fused-ring (bicyclic) bond motifs is 1. The van der Waals surface area contributed by atoms with Crippen LogP contribution in [-0.4, -0.2) is 22.7 Å². The molecule has 1 aliphatic heterocycles. The number of benzene rings is 1. The van der Waals surface area contributed by atoms with Crippen molar-refractivity contribution in [3.8, 4) is 5.75 Å². The molecule has 4 nitrogen and oxygen atoms in total. The number of carboxylic acids is 1. The van der Waals surface area contributed by atoms with Gasteiger partial charge in [-0.3, -0.25) is 0 Å². The average Bonchev–Trinajstić information content (AvgIpc) is 2.93. The Hall–Kier alpha value is -1.72. The van der Waals surface area contributed by atoms with Crippen molar-refractivity contribution in [1.29, 1.82) is 0 Å². The van der Waals surface area contributed by atoms with Crippen molar-refractivity contribution in [2.75, 3.05) is 6.61 Å². The predicted octanol–water partition coefficient (Wildman–Crippen LogP) is 3.66. The van der Waals surface area contributed by atoms with Crippen molar-refractivity contribution < 1.29 is 14.6 Å². The third kappa shape index (κ3) is 3.14. The fraction of sp³-hybridized carbons (Fsp3) is 0.200. The number of aromatic carboxylic acids is 1. The summed E-state index contributed by atoms with van der Waals surface area (Å²) < 4.78 is 5.66. The van der Waals surface area contributed by atoms with Crippen molar-refractivity contribution >= 4 is 29.3 Å². The van der Waals surface area contributed by atoms with E-state index < -0.39 is 5.97 Å². The summed E-state index contributed by atoms with van der Waals surface area (Å²) >= 11 is 7.66. The smallest absolute Gasteiger partial charge is 0.354 e. The highest BCUT2D eigenvalue weighted by Gasteiger charge is 2.17. The van der Waals surface area contributed by atoms with Gasteiger partial charge in [-0.15, -0.1) is 11.8 Å². The lowest BCUT2D eigenvalue weighted by Crippen LogP contribution is -1.99. The Balaban J connectivity index is 1.79. The molecule has 2 aromatic rings. The van der Waals surface area contributed by atoms with Gasteiger partial charge in [0.15, 0.2) is 0 Å². The zero-order valence-corrected chi connectivity index (χ0v) is 12.6. The predicted molar refractivity (Wildman–Crippen MR) is 81.4 cm³/mol. The summed E-state index contributed by atoms with van der Waals surface area (Å²) in [5.41, 5.74) is 2.22. The topological polar surface area (TPSA) is 59.4 Å². The van der Waals surface area contributed by atoms with Crippen molar-refractivity contribution in [1.82, 2.24) is 4.98 Å². The van der Waals surface area contributed by atoms with Crippen LogP contribution in [0.3, 0.4) is 0 Å². The summed E-state index contributed by atoms with van der Waals surface area (Å²) in [5, 5.41) is 9.65. The van der Waals surface area contributed by atoms with E-state index in [1.165, 1.54) is 18.0 Å². The maximum Gasteiger partial charge on any atom is 0.354 e. The van der Waals surface area contributed by atoms with E-state index in [-0.39, 0.29) is 5.69 Å². The largest absolute Gasteiger partial charge is 0.493 e. The fourth-order valence-electron chi connectivity index (χ4n) is 2.23. The van der Waals surface area contributed by atoms with Crippen LogP contribution in [0.15, 0.2) is 35.4 Å². The number of rotatable bonds is 4. The second-order valence-corrected chi connectivity index (χ2v) is 6.11. The van der Waals surface area contributed by atoms with Gasteiger partial charge in [0.05, 0.1) is 6.61 Å². The monoisotopic (exact) mass is 321 g/mol. The summed E-state index contributed by atoms with van der Waals surface area (Å²) in [4.78, 5) is 15.6. The van der Waals surface area contributed by atoms with Crippen LogP contribution in [0.1, 0.15) is 21.6 Å². The lowest BCUT2D eigenvalue weighted by Gasteiger charge is -2.09. The molecule has 0 bridgehead atoms. The third-order valence-electron chi connectivity index (χ3n) is 3.17. The SMILES string of the molecule is O=C(O)c1cc(SCc2cc(Cl)cc3c2OCC3)ccn1. The van der Waals surface area contributed by atoms with Gasteiger partial charge in [-0.1, -0.05) is 11.6 Å². The van der Waals surface area contributed by atoms with Crippen LogP contribution in [-0.2, 0) is 12.2 Å². The van der Waals surface area contributed by atoms with Crippen molar-refractivity contribution in [2.24, 2.45) is 0 Å². The molecule has 1 N–H and O–H groups in total.